The summed E-state index contributed by atoms with van der Waals surface area (Å²) in [7, 11) is 0. The topological polar surface area (TPSA) is 64.1 Å². The molecule has 6 heteroatoms. The number of hydrogen-bond donors (Lipinski definition) is 1. The Morgan fingerprint density at radius 3 is 2.59 bits per heavy atom. The molecule has 2 aromatic heterocycles. The monoisotopic (exact) mass is 545 g/mol. The van der Waals surface area contributed by atoms with Crippen LogP contribution in [0.2, 0.25) is 0 Å². The second-order valence-corrected chi connectivity index (χ2v) is 10.7. The Morgan fingerprint density at radius 1 is 0.927 bits per heavy atom. The molecule has 1 aliphatic carbocycles. The third-order valence-corrected chi connectivity index (χ3v) is 8.04. The Hall–Kier alpha value is -4.58. The molecule has 3 aromatic carbocycles. The van der Waals surface area contributed by atoms with E-state index in [0.29, 0.717) is 6.54 Å². The van der Waals surface area contributed by atoms with Gasteiger partial charge in [-0.15, -0.1) is 0 Å². The summed E-state index contributed by atoms with van der Waals surface area (Å²) < 4.78 is 19.8. The largest absolute Gasteiger partial charge is 0.487 e. The molecular weight excluding hydrogens is 513 g/mol. The maximum Gasteiger partial charge on any atom is 0.224 e. The van der Waals surface area contributed by atoms with Gasteiger partial charge in [0.2, 0.25) is 5.91 Å². The minimum absolute atomic E-state index is 0.0261. The molecule has 0 spiro atoms. The number of fused-ring (bicyclic) bond motifs is 1. The first-order valence-corrected chi connectivity index (χ1v) is 14.1. The van der Waals surface area contributed by atoms with Crippen LogP contribution in [-0.4, -0.2) is 15.9 Å². The first-order chi connectivity index (χ1) is 20.1. The van der Waals surface area contributed by atoms with Gasteiger partial charge in [0.05, 0.1) is 17.6 Å². The van der Waals surface area contributed by atoms with Crippen molar-refractivity contribution in [2.75, 3.05) is 0 Å². The molecule has 206 valence electrons. The van der Waals surface area contributed by atoms with Gasteiger partial charge in [-0.3, -0.25) is 9.78 Å². The molecule has 5 nitrogen and oxygen atoms in total. The maximum atomic E-state index is 13.6. The lowest BCUT2D eigenvalue weighted by molar-refractivity contribution is -0.120. The summed E-state index contributed by atoms with van der Waals surface area (Å²) in [4.78, 5) is 21.9. The van der Waals surface area contributed by atoms with E-state index in [1.165, 1.54) is 17.7 Å². The summed E-state index contributed by atoms with van der Waals surface area (Å²) in [5.41, 5.74) is 5.72. The molecule has 1 aliphatic rings. The number of carbonyl (C=O) groups excluding carboxylic acids is 1. The average molecular weight is 546 g/mol. The fourth-order valence-electron chi connectivity index (χ4n) is 6.01. The van der Waals surface area contributed by atoms with Gasteiger partial charge >= 0.3 is 0 Å². The number of hydrogen-bond acceptors (Lipinski definition) is 4. The first kappa shape index (κ1) is 26.6. The van der Waals surface area contributed by atoms with E-state index in [9.17, 15) is 9.18 Å². The molecule has 1 saturated carbocycles. The second kappa shape index (κ2) is 11.9. The van der Waals surface area contributed by atoms with Crippen molar-refractivity contribution < 1.29 is 13.9 Å². The van der Waals surface area contributed by atoms with Crippen LogP contribution in [0.4, 0.5) is 4.39 Å². The lowest BCUT2D eigenvalue weighted by Crippen LogP contribution is -2.29. The Bertz CT molecular complexity index is 1650. The fourth-order valence-corrected chi connectivity index (χ4v) is 6.01. The third kappa shape index (κ3) is 5.97. The Balaban J connectivity index is 1.28. The van der Waals surface area contributed by atoms with Gasteiger partial charge in [-0.2, -0.15) is 0 Å². The molecule has 41 heavy (non-hydrogen) atoms. The summed E-state index contributed by atoms with van der Waals surface area (Å²) in [6.07, 6.45) is 8.09. The molecule has 5 aromatic rings. The second-order valence-electron chi connectivity index (χ2n) is 10.7. The van der Waals surface area contributed by atoms with E-state index in [0.717, 1.165) is 64.7 Å². The van der Waals surface area contributed by atoms with Gasteiger partial charge in [0.15, 0.2) is 0 Å². The highest BCUT2D eigenvalue weighted by molar-refractivity contribution is 5.79. The molecule has 1 N–H and O–H groups in total. The molecule has 6 rings (SSSR count). The number of amides is 1. The molecule has 2 heterocycles. The van der Waals surface area contributed by atoms with Crippen molar-refractivity contribution in [3.63, 3.8) is 0 Å². The summed E-state index contributed by atoms with van der Waals surface area (Å²) in [5, 5.41) is 3.81. The predicted molar refractivity (Wildman–Crippen MR) is 158 cm³/mol. The Kier molecular flexibility index (Phi) is 7.72. The van der Waals surface area contributed by atoms with Crippen LogP contribution in [0.5, 0.6) is 5.75 Å². The smallest absolute Gasteiger partial charge is 0.224 e. The van der Waals surface area contributed by atoms with Gasteiger partial charge in [0, 0.05) is 29.7 Å². The van der Waals surface area contributed by atoms with Gasteiger partial charge < -0.3 is 10.1 Å². The van der Waals surface area contributed by atoms with Gasteiger partial charge in [-0.1, -0.05) is 61.4 Å². The van der Waals surface area contributed by atoms with Crippen LogP contribution in [0, 0.1) is 5.82 Å². The number of pyridine rings is 2. The number of halogens is 1. The number of nitrogens with zero attached hydrogens (tertiary/aromatic N) is 2. The molecule has 0 atom stereocenters. The number of nitrogens with one attached hydrogen (secondary N) is 1. The van der Waals surface area contributed by atoms with Crippen molar-refractivity contribution in [1.82, 2.24) is 15.3 Å². The number of ether oxygens (including phenoxy) is 1. The average Bonchev–Trinajstić information content (AvgIpc) is 3.52. The van der Waals surface area contributed by atoms with Crippen LogP contribution in [0.25, 0.3) is 10.9 Å². The predicted octanol–water partition coefficient (Wildman–Crippen LogP) is 7.07. The van der Waals surface area contributed by atoms with E-state index < -0.39 is 0 Å². The molecule has 1 fully saturated rings. The van der Waals surface area contributed by atoms with Crippen LogP contribution >= 0.6 is 0 Å². The minimum atomic E-state index is -0.277. The molecule has 0 unspecified atom stereocenters. The standard InChI is InChI=1S/C35H32FN3O2/c36-29-12-15-33-27(19-29)10-13-30(39-33)24-41-31-14-11-26(20-34(40)38-23-25-7-6-18-37-22-25)32(21-31)35(16-4-5-17-35)28-8-2-1-3-9-28/h1-3,6-15,18-19,21-22H,4-5,16-17,20,23-24H2,(H,38,40). The quantitative estimate of drug-likeness (QED) is 0.215. The van der Waals surface area contributed by atoms with E-state index in [1.54, 1.807) is 18.5 Å². The number of carbonyl (C=O) groups is 1. The van der Waals surface area contributed by atoms with Crippen LogP contribution in [0.1, 0.15) is 53.6 Å². The molecule has 1 amide bonds. The zero-order chi connectivity index (χ0) is 28.1. The van der Waals surface area contributed by atoms with Crippen molar-refractivity contribution in [1.29, 1.82) is 0 Å². The molecule has 0 aliphatic heterocycles. The highest BCUT2D eigenvalue weighted by Crippen LogP contribution is 2.48. The van der Waals surface area contributed by atoms with Gasteiger partial charge in [-0.25, -0.2) is 9.37 Å². The molecule has 0 bridgehead atoms. The lowest BCUT2D eigenvalue weighted by Gasteiger charge is -2.33. The zero-order valence-electron chi connectivity index (χ0n) is 22.9. The molecule has 0 radical (unpaired) electrons. The third-order valence-electron chi connectivity index (χ3n) is 8.04. The van der Waals surface area contributed by atoms with Crippen LogP contribution in [-0.2, 0) is 29.8 Å². The highest BCUT2D eigenvalue weighted by Gasteiger charge is 2.39. The van der Waals surface area contributed by atoms with Gasteiger partial charge in [-0.05, 0) is 77.6 Å². The van der Waals surface area contributed by atoms with Crippen LogP contribution in [0.3, 0.4) is 0 Å². The summed E-state index contributed by atoms with van der Waals surface area (Å²) in [6.45, 7) is 0.731. The maximum absolute atomic E-state index is 13.6. The summed E-state index contributed by atoms with van der Waals surface area (Å²) in [6, 6.07) is 28.9. The number of aromatic nitrogens is 2. The van der Waals surface area contributed by atoms with Gasteiger partial charge in [0.25, 0.3) is 0 Å². The van der Waals surface area contributed by atoms with E-state index in [2.05, 4.69) is 45.6 Å². The number of rotatable bonds is 9. The molecular formula is C35H32FN3O2. The van der Waals surface area contributed by atoms with Crippen molar-refractivity contribution in [2.45, 2.75) is 50.7 Å². The van der Waals surface area contributed by atoms with E-state index >= 15 is 0 Å². The van der Waals surface area contributed by atoms with Crippen molar-refractivity contribution in [3.8, 4) is 5.75 Å². The first-order valence-electron chi connectivity index (χ1n) is 14.1. The Morgan fingerprint density at radius 2 is 1.78 bits per heavy atom. The van der Waals surface area contributed by atoms with Crippen molar-refractivity contribution in [2.24, 2.45) is 0 Å². The zero-order valence-corrected chi connectivity index (χ0v) is 22.9. The van der Waals surface area contributed by atoms with Crippen LogP contribution in [0.15, 0.2) is 103 Å². The summed E-state index contributed by atoms with van der Waals surface area (Å²) in [5.74, 6) is 0.436. The fraction of sp³-hybridized carbons (Fsp3) is 0.229. The molecule has 0 saturated heterocycles. The van der Waals surface area contributed by atoms with Crippen LogP contribution < -0.4 is 10.1 Å². The van der Waals surface area contributed by atoms with Crippen molar-refractivity contribution >= 4 is 16.8 Å². The Labute approximate surface area is 239 Å². The van der Waals surface area contributed by atoms with E-state index in [1.807, 2.05) is 42.5 Å². The minimum Gasteiger partial charge on any atom is -0.487 e. The lowest BCUT2D eigenvalue weighted by atomic mass is 9.71. The number of benzene rings is 3. The van der Waals surface area contributed by atoms with E-state index in [4.69, 9.17) is 4.74 Å². The normalized spacial score (nSPS) is 14.2. The van der Waals surface area contributed by atoms with E-state index in [-0.39, 0.29) is 30.2 Å². The SMILES string of the molecule is O=C(Cc1ccc(OCc2ccc3cc(F)ccc3n2)cc1C1(c2ccccc2)CCCC1)NCc1cccnc1. The highest BCUT2D eigenvalue weighted by atomic mass is 19.1. The van der Waals surface area contributed by atoms with Gasteiger partial charge in [0.1, 0.15) is 18.2 Å². The van der Waals surface area contributed by atoms with Crippen molar-refractivity contribution in [3.05, 3.63) is 137 Å². The summed E-state index contributed by atoms with van der Waals surface area (Å²) >= 11 is 0.